The van der Waals surface area contributed by atoms with Gasteiger partial charge in [-0.15, -0.1) is 0 Å². The predicted octanol–water partition coefficient (Wildman–Crippen LogP) is 4.22. The molecule has 1 fully saturated rings. The fraction of sp³-hybridized carbons (Fsp3) is 0.286. The van der Waals surface area contributed by atoms with Crippen molar-refractivity contribution in [3.63, 3.8) is 0 Å². The molecule has 1 amide bonds. The number of aromatic amines is 1. The second-order valence-electron chi connectivity index (χ2n) is 6.83. The van der Waals surface area contributed by atoms with Gasteiger partial charge in [-0.25, -0.2) is 0 Å². The molecule has 1 aliphatic rings. The fourth-order valence-corrected chi connectivity index (χ4v) is 3.63. The normalized spacial score (nSPS) is 15.0. The molecular formula is C21H21ClN2O2. The summed E-state index contributed by atoms with van der Waals surface area (Å²) in [5.74, 6) is 0.910. The highest BCUT2D eigenvalue weighted by Gasteiger charge is 2.52. The van der Waals surface area contributed by atoms with Crippen LogP contribution in [0.2, 0.25) is 5.02 Å². The van der Waals surface area contributed by atoms with Gasteiger partial charge >= 0.3 is 0 Å². The molecule has 0 spiro atoms. The Bertz CT molecular complexity index is 942. The van der Waals surface area contributed by atoms with Gasteiger partial charge in [-0.2, -0.15) is 0 Å². The number of halogens is 1. The SMILES string of the molecule is COc1ccc2[nH]cc(C3(C(=O)NCCc4ccc(Cl)cc4)CC3)c2c1. The molecule has 134 valence electrons. The lowest BCUT2D eigenvalue weighted by Gasteiger charge is -2.15. The highest BCUT2D eigenvalue weighted by atomic mass is 35.5. The topological polar surface area (TPSA) is 54.1 Å². The minimum Gasteiger partial charge on any atom is -0.497 e. The standard InChI is InChI=1S/C21H21ClN2O2/c1-26-16-6-7-19-17(12-16)18(13-24-19)21(9-10-21)20(25)23-11-8-14-2-4-15(22)5-3-14/h2-7,12-13,24H,8-11H2,1H3,(H,23,25). The number of H-pyrrole nitrogens is 1. The first-order chi connectivity index (χ1) is 12.6. The zero-order valence-corrected chi connectivity index (χ0v) is 15.4. The van der Waals surface area contributed by atoms with Crippen LogP contribution in [0.3, 0.4) is 0 Å². The second-order valence-corrected chi connectivity index (χ2v) is 7.26. The van der Waals surface area contributed by atoms with Gasteiger partial charge in [-0.3, -0.25) is 4.79 Å². The minimum absolute atomic E-state index is 0.107. The lowest BCUT2D eigenvalue weighted by molar-refractivity contribution is -0.123. The Hall–Kier alpha value is -2.46. The van der Waals surface area contributed by atoms with Crippen molar-refractivity contribution in [3.8, 4) is 5.75 Å². The molecule has 0 atom stereocenters. The second kappa shape index (κ2) is 6.69. The molecule has 1 aliphatic carbocycles. The molecule has 2 aromatic carbocycles. The van der Waals surface area contributed by atoms with Crippen molar-refractivity contribution in [2.45, 2.75) is 24.7 Å². The number of nitrogens with one attached hydrogen (secondary N) is 2. The van der Waals surface area contributed by atoms with Gasteiger partial charge in [0.1, 0.15) is 5.75 Å². The van der Waals surface area contributed by atoms with Crippen LogP contribution in [0.5, 0.6) is 5.75 Å². The molecule has 5 heteroatoms. The number of hydrogen-bond acceptors (Lipinski definition) is 2. The van der Waals surface area contributed by atoms with Gasteiger partial charge < -0.3 is 15.0 Å². The van der Waals surface area contributed by atoms with E-state index >= 15 is 0 Å². The van der Waals surface area contributed by atoms with Gasteiger partial charge in [-0.05, 0) is 60.7 Å². The number of benzene rings is 2. The van der Waals surface area contributed by atoms with E-state index in [4.69, 9.17) is 16.3 Å². The van der Waals surface area contributed by atoms with Crippen LogP contribution in [0, 0.1) is 0 Å². The molecule has 4 rings (SSSR count). The number of ether oxygens (including phenoxy) is 1. The number of rotatable bonds is 6. The Morgan fingerprint density at radius 1 is 1.23 bits per heavy atom. The van der Waals surface area contributed by atoms with Crippen molar-refractivity contribution in [1.29, 1.82) is 0 Å². The molecule has 0 radical (unpaired) electrons. The number of carbonyl (C=O) groups excluding carboxylic acids is 1. The molecule has 0 bridgehead atoms. The van der Waals surface area contributed by atoms with Crippen molar-refractivity contribution in [2.75, 3.05) is 13.7 Å². The highest BCUT2D eigenvalue weighted by molar-refractivity contribution is 6.30. The third kappa shape index (κ3) is 3.06. The molecule has 0 saturated heterocycles. The number of amides is 1. The number of aromatic nitrogens is 1. The van der Waals surface area contributed by atoms with Gasteiger partial charge in [-0.1, -0.05) is 23.7 Å². The maximum atomic E-state index is 12.9. The molecule has 4 nitrogen and oxygen atoms in total. The number of methoxy groups -OCH3 is 1. The summed E-state index contributed by atoms with van der Waals surface area (Å²) < 4.78 is 5.34. The van der Waals surface area contributed by atoms with Crippen molar-refractivity contribution in [1.82, 2.24) is 10.3 Å². The van der Waals surface area contributed by atoms with Crippen LogP contribution in [0.15, 0.2) is 48.7 Å². The number of hydrogen-bond donors (Lipinski definition) is 2. The minimum atomic E-state index is -0.412. The molecule has 26 heavy (non-hydrogen) atoms. The van der Waals surface area contributed by atoms with Crippen LogP contribution in [-0.2, 0) is 16.6 Å². The van der Waals surface area contributed by atoms with Gasteiger partial charge in [0.2, 0.25) is 5.91 Å². The average Bonchev–Trinajstić information content (AvgIpc) is 3.36. The molecule has 0 aliphatic heterocycles. The highest BCUT2D eigenvalue weighted by Crippen LogP contribution is 2.51. The molecule has 1 aromatic heterocycles. The van der Waals surface area contributed by atoms with Crippen molar-refractivity contribution < 1.29 is 9.53 Å². The monoisotopic (exact) mass is 368 g/mol. The van der Waals surface area contributed by atoms with E-state index < -0.39 is 5.41 Å². The van der Waals surface area contributed by atoms with Crippen LogP contribution in [-0.4, -0.2) is 24.5 Å². The first kappa shape index (κ1) is 17.0. The Morgan fingerprint density at radius 2 is 2.00 bits per heavy atom. The summed E-state index contributed by atoms with van der Waals surface area (Å²) in [6.45, 7) is 0.619. The molecule has 1 saturated carbocycles. The van der Waals surface area contributed by atoms with E-state index in [0.29, 0.717) is 6.54 Å². The van der Waals surface area contributed by atoms with Gasteiger partial charge in [0, 0.05) is 28.7 Å². The summed E-state index contributed by atoms with van der Waals surface area (Å²) in [5, 5.41) is 4.90. The van der Waals surface area contributed by atoms with E-state index in [-0.39, 0.29) is 5.91 Å². The maximum Gasteiger partial charge on any atom is 0.230 e. The van der Waals surface area contributed by atoms with Crippen LogP contribution >= 0.6 is 11.6 Å². The third-order valence-corrected chi connectivity index (χ3v) is 5.45. The van der Waals surface area contributed by atoms with E-state index in [1.54, 1.807) is 7.11 Å². The lowest BCUT2D eigenvalue weighted by Crippen LogP contribution is -2.35. The van der Waals surface area contributed by atoms with Crippen LogP contribution in [0.25, 0.3) is 10.9 Å². The maximum absolute atomic E-state index is 12.9. The fourth-order valence-electron chi connectivity index (χ4n) is 3.51. The number of carbonyl (C=O) groups is 1. The first-order valence-electron chi connectivity index (χ1n) is 8.81. The lowest BCUT2D eigenvalue weighted by atomic mass is 9.94. The summed E-state index contributed by atoms with van der Waals surface area (Å²) in [6, 6.07) is 13.7. The van der Waals surface area contributed by atoms with Crippen LogP contribution in [0.4, 0.5) is 0 Å². The molecular weight excluding hydrogens is 348 g/mol. The van der Waals surface area contributed by atoms with Gasteiger partial charge in [0.05, 0.1) is 12.5 Å². The Morgan fingerprint density at radius 3 is 2.69 bits per heavy atom. The molecule has 3 aromatic rings. The summed E-state index contributed by atoms with van der Waals surface area (Å²) in [5.41, 5.74) is 2.85. The van der Waals surface area contributed by atoms with E-state index in [2.05, 4.69) is 10.3 Å². The van der Waals surface area contributed by atoms with Crippen molar-refractivity contribution >= 4 is 28.4 Å². The largest absolute Gasteiger partial charge is 0.497 e. The molecule has 2 N–H and O–H groups in total. The summed E-state index contributed by atoms with van der Waals surface area (Å²) in [4.78, 5) is 16.2. The van der Waals surface area contributed by atoms with E-state index in [1.807, 2.05) is 48.7 Å². The predicted molar refractivity (Wildman–Crippen MR) is 104 cm³/mol. The van der Waals surface area contributed by atoms with Crippen molar-refractivity contribution in [3.05, 3.63) is 64.8 Å². The summed E-state index contributed by atoms with van der Waals surface area (Å²) in [7, 11) is 1.66. The first-order valence-corrected chi connectivity index (χ1v) is 9.18. The van der Waals surface area contributed by atoms with E-state index in [9.17, 15) is 4.79 Å². The molecule has 1 heterocycles. The van der Waals surface area contributed by atoms with Crippen LogP contribution in [0.1, 0.15) is 24.0 Å². The zero-order chi connectivity index (χ0) is 18.1. The summed E-state index contributed by atoms with van der Waals surface area (Å²) in [6.07, 6.45) is 4.52. The number of fused-ring (bicyclic) bond motifs is 1. The average molecular weight is 369 g/mol. The summed E-state index contributed by atoms with van der Waals surface area (Å²) >= 11 is 5.91. The van der Waals surface area contributed by atoms with E-state index in [0.717, 1.165) is 52.1 Å². The Kier molecular flexibility index (Phi) is 4.37. The smallest absolute Gasteiger partial charge is 0.230 e. The van der Waals surface area contributed by atoms with E-state index in [1.165, 1.54) is 0 Å². The quantitative estimate of drug-likeness (QED) is 0.684. The molecule has 0 unspecified atom stereocenters. The van der Waals surface area contributed by atoms with Gasteiger partial charge in [0.15, 0.2) is 0 Å². The Balaban J connectivity index is 1.48. The van der Waals surface area contributed by atoms with Gasteiger partial charge in [0.25, 0.3) is 0 Å². The van der Waals surface area contributed by atoms with Crippen LogP contribution < -0.4 is 10.1 Å². The Labute approximate surface area is 157 Å². The van der Waals surface area contributed by atoms with Crippen molar-refractivity contribution in [2.24, 2.45) is 0 Å². The zero-order valence-electron chi connectivity index (χ0n) is 14.6. The third-order valence-electron chi connectivity index (χ3n) is 5.20.